The van der Waals surface area contributed by atoms with Crippen molar-refractivity contribution < 1.29 is 9.36 Å². The van der Waals surface area contributed by atoms with Crippen molar-refractivity contribution in [2.45, 2.75) is 19.4 Å². The fraction of sp³-hybridized carbons (Fsp3) is 0.391. The average molecular weight is 393 g/mol. The number of amides is 1. The van der Waals surface area contributed by atoms with Crippen LogP contribution in [-0.2, 0) is 6.54 Å². The molecule has 6 nitrogen and oxygen atoms in total. The topological polar surface area (TPSA) is 44.4 Å². The lowest BCUT2D eigenvalue weighted by atomic mass is 10.2. The lowest BCUT2D eigenvalue weighted by molar-refractivity contribution is -0.697. The van der Waals surface area contributed by atoms with Gasteiger partial charge in [-0.15, -0.1) is 0 Å². The number of fused-ring (bicyclic) bond motifs is 1. The largest absolute Gasteiger partial charge is 0.304 e. The molecule has 0 spiro atoms. The minimum absolute atomic E-state index is 0.0989. The predicted octanol–water partition coefficient (Wildman–Crippen LogP) is 2.34. The van der Waals surface area contributed by atoms with Gasteiger partial charge in [0, 0.05) is 50.2 Å². The molecule has 0 atom stereocenters. The highest BCUT2D eigenvalue weighted by atomic mass is 16.2. The molecule has 4 rings (SSSR count). The standard InChI is InChI=1S/C23H29N5O/c1-25-15-17-26(18-16-25)11-4-5-12-27-13-6-8-21(19-27)23(29)24-28-14-10-20-7-2-3-9-22(20)28/h2-3,6-10,13-14,19H,4-5,11-12,15-18H2,1H3/p+1. The molecular formula is C23H30N5O+. The van der Waals surface area contributed by atoms with Gasteiger partial charge in [0.1, 0.15) is 12.1 Å². The van der Waals surface area contributed by atoms with Crippen LogP contribution < -0.4 is 9.99 Å². The Balaban J connectivity index is 1.29. The number of hydrogen-bond acceptors (Lipinski definition) is 3. The summed E-state index contributed by atoms with van der Waals surface area (Å²) in [5.74, 6) is -0.0989. The molecule has 1 saturated heterocycles. The molecule has 1 aliphatic rings. The molecule has 1 aromatic carbocycles. The Labute approximate surface area is 172 Å². The van der Waals surface area contributed by atoms with Gasteiger partial charge in [0.05, 0.1) is 5.52 Å². The third kappa shape index (κ3) is 5.02. The first-order chi connectivity index (χ1) is 14.2. The molecular weight excluding hydrogens is 362 g/mol. The van der Waals surface area contributed by atoms with Gasteiger partial charge in [0.2, 0.25) is 0 Å². The zero-order chi connectivity index (χ0) is 20.1. The highest BCUT2D eigenvalue weighted by molar-refractivity contribution is 6.00. The van der Waals surface area contributed by atoms with Gasteiger partial charge in [-0.05, 0) is 38.2 Å². The summed E-state index contributed by atoms with van der Waals surface area (Å²) >= 11 is 0. The Bertz CT molecular complexity index is 959. The number of carbonyl (C=O) groups is 1. The van der Waals surface area contributed by atoms with E-state index >= 15 is 0 Å². The summed E-state index contributed by atoms with van der Waals surface area (Å²) in [5, 5.41) is 1.11. The molecule has 29 heavy (non-hydrogen) atoms. The lowest BCUT2D eigenvalue weighted by Gasteiger charge is -2.32. The summed E-state index contributed by atoms with van der Waals surface area (Å²) in [5.41, 5.74) is 4.64. The van der Waals surface area contributed by atoms with Crippen LogP contribution in [0, 0.1) is 0 Å². The SMILES string of the molecule is CN1CCN(CCCC[n+]2cccc(C(=O)Nn3ccc4ccccc43)c2)CC1. The summed E-state index contributed by atoms with van der Waals surface area (Å²) < 4.78 is 3.90. The third-order valence-electron chi connectivity index (χ3n) is 5.68. The number of pyridine rings is 1. The molecule has 6 heteroatoms. The summed E-state index contributed by atoms with van der Waals surface area (Å²) in [7, 11) is 2.19. The van der Waals surface area contributed by atoms with Gasteiger partial charge in [-0.25, -0.2) is 4.57 Å². The normalized spacial score (nSPS) is 15.6. The zero-order valence-corrected chi connectivity index (χ0v) is 17.1. The lowest BCUT2D eigenvalue weighted by Crippen LogP contribution is -2.44. The second-order valence-corrected chi connectivity index (χ2v) is 7.87. The van der Waals surface area contributed by atoms with Crippen LogP contribution in [0.2, 0.25) is 0 Å². The molecule has 3 aromatic rings. The molecule has 1 N–H and O–H groups in total. The van der Waals surface area contributed by atoms with E-state index in [1.165, 1.54) is 32.6 Å². The van der Waals surface area contributed by atoms with E-state index in [0.717, 1.165) is 30.4 Å². The van der Waals surface area contributed by atoms with Crippen LogP contribution in [0.5, 0.6) is 0 Å². The highest BCUT2D eigenvalue weighted by Gasteiger charge is 2.14. The summed E-state index contributed by atoms with van der Waals surface area (Å²) in [4.78, 5) is 17.7. The molecule has 1 fully saturated rings. The molecule has 0 saturated carbocycles. The Morgan fingerprint density at radius 2 is 1.86 bits per heavy atom. The second-order valence-electron chi connectivity index (χ2n) is 7.87. The zero-order valence-electron chi connectivity index (χ0n) is 17.1. The van der Waals surface area contributed by atoms with E-state index in [0.29, 0.717) is 5.56 Å². The summed E-state index contributed by atoms with van der Waals surface area (Å²) in [6, 6.07) is 13.8. The molecule has 152 valence electrons. The molecule has 1 amide bonds. The number of hydrogen-bond donors (Lipinski definition) is 1. The monoisotopic (exact) mass is 392 g/mol. The van der Waals surface area contributed by atoms with E-state index in [-0.39, 0.29) is 5.91 Å². The minimum atomic E-state index is -0.0989. The highest BCUT2D eigenvalue weighted by Crippen LogP contribution is 2.13. The van der Waals surface area contributed by atoms with Crippen LogP contribution in [0.1, 0.15) is 23.2 Å². The van der Waals surface area contributed by atoms with Crippen LogP contribution >= 0.6 is 0 Å². The fourth-order valence-corrected chi connectivity index (χ4v) is 3.85. The Morgan fingerprint density at radius 3 is 2.72 bits per heavy atom. The van der Waals surface area contributed by atoms with Crippen LogP contribution in [0.4, 0.5) is 0 Å². The number of piperazine rings is 1. The number of unbranched alkanes of at least 4 members (excludes halogenated alkanes) is 1. The Morgan fingerprint density at radius 1 is 1.03 bits per heavy atom. The van der Waals surface area contributed by atoms with Gasteiger partial charge in [-0.1, -0.05) is 18.2 Å². The number of benzene rings is 1. The molecule has 3 heterocycles. The van der Waals surface area contributed by atoms with E-state index in [1.807, 2.05) is 61.1 Å². The van der Waals surface area contributed by atoms with Crippen molar-refractivity contribution >= 4 is 16.8 Å². The van der Waals surface area contributed by atoms with E-state index in [1.54, 1.807) is 4.68 Å². The van der Waals surface area contributed by atoms with E-state index in [4.69, 9.17) is 0 Å². The van der Waals surface area contributed by atoms with Crippen LogP contribution in [-0.4, -0.2) is 60.2 Å². The quantitative estimate of drug-likeness (QED) is 0.496. The van der Waals surface area contributed by atoms with Crippen molar-refractivity contribution in [3.63, 3.8) is 0 Å². The Kier molecular flexibility index (Phi) is 6.22. The Hall–Kier alpha value is -2.70. The predicted molar refractivity (Wildman–Crippen MR) is 115 cm³/mol. The van der Waals surface area contributed by atoms with Gasteiger partial charge >= 0.3 is 0 Å². The molecule has 0 radical (unpaired) electrons. The maximum absolute atomic E-state index is 12.7. The van der Waals surface area contributed by atoms with Crippen molar-refractivity contribution in [3.05, 3.63) is 66.6 Å². The summed E-state index contributed by atoms with van der Waals surface area (Å²) in [6.07, 6.45) is 8.17. The number of aromatic nitrogens is 2. The number of carbonyl (C=O) groups excluding carboxylic acids is 1. The average Bonchev–Trinajstić information content (AvgIpc) is 3.16. The molecule has 2 aromatic heterocycles. The number of para-hydroxylation sites is 1. The van der Waals surface area contributed by atoms with E-state index in [2.05, 4.69) is 26.8 Å². The number of nitrogens with one attached hydrogen (secondary N) is 1. The van der Waals surface area contributed by atoms with Crippen molar-refractivity contribution in [3.8, 4) is 0 Å². The molecule has 0 bridgehead atoms. The maximum atomic E-state index is 12.7. The van der Waals surface area contributed by atoms with Gasteiger partial charge < -0.3 is 9.80 Å². The minimum Gasteiger partial charge on any atom is -0.304 e. The molecule has 0 aliphatic carbocycles. The number of aryl methyl sites for hydroxylation is 1. The first-order valence-corrected chi connectivity index (χ1v) is 10.5. The van der Waals surface area contributed by atoms with Crippen molar-refractivity contribution in [2.75, 3.05) is 45.2 Å². The van der Waals surface area contributed by atoms with E-state index < -0.39 is 0 Å². The first kappa shape index (κ1) is 19.6. The molecule has 1 aliphatic heterocycles. The van der Waals surface area contributed by atoms with Gasteiger partial charge in [-0.3, -0.25) is 14.9 Å². The number of nitrogens with zero attached hydrogens (tertiary/aromatic N) is 4. The van der Waals surface area contributed by atoms with Gasteiger partial charge in [-0.2, -0.15) is 0 Å². The summed E-state index contributed by atoms with van der Waals surface area (Å²) in [6.45, 7) is 6.78. The van der Waals surface area contributed by atoms with Crippen molar-refractivity contribution in [1.82, 2.24) is 14.5 Å². The maximum Gasteiger partial charge on any atom is 0.276 e. The van der Waals surface area contributed by atoms with Crippen LogP contribution in [0.25, 0.3) is 10.9 Å². The van der Waals surface area contributed by atoms with Crippen molar-refractivity contribution in [1.29, 1.82) is 0 Å². The van der Waals surface area contributed by atoms with E-state index in [9.17, 15) is 4.79 Å². The van der Waals surface area contributed by atoms with Gasteiger partial charge in [0.15, 0.2) is 12.4 Å². The smallest absolute Gasteiger partial charge is 0.276 e. The van der Waals surface area contributed by atoms with Crippen LogP contribution in [0.15, 0.2) is 61.1 Å². The van der Waals surface area contributed by atoms with Crippen LogP contribution in [0.3, 0.4) is 0 Å². The van der Waals surface area contributed by atoms with Crippen molar-refractivity contribution in [2.24, 2.45) is 0 Å². The van der Waals surface area contributed by atoms with Gasteiger partial charge in [0.25, 0.3) is 5.91 Å². The second kappa shape index (κ2) is 9.20. The molecule has 0 unspecified atom stereocenters. The first-order valence-electron chi connectivity index (χ1n) is 10.5. The third-order valence-corrected chi connectivity index (χ3v) is 5.68. The fourth-order valence-electron chi connectivity index (χ4n) is 3.85. The number of likely N-dealkylation sites (N-methyl/N-ethyl adjacent to an activating group) is 1. The number of rotatable bonds is 7.